The maximum atomic E-state index is 5.40. The van der Waals surface area contributed by atoms with Gasteiger partial charge >= 0.3 is 0 Å². The minimum absolute atomic E-state index is 0.211. The number of rotatable bonds is 3. The van der Waals surface area contributed by atoms with Crippen molar-refractivity contribution >= 4 is 16.6 Å². The van der Waals surface area contributed by atoms with Gasteiger partial charge in [-0.2, -0.15) is 0 Å². The summed E-state index contributed by atoms with van der Waals surface area (Å²) >= 11 is 0. The highest BCUT2D eigenvalue weighted by Crippen LogP contribution is 2.35. The van der Waals surface area contributed by atoms with Crippen molar-refractivity contribution in [3.8, 4) is 5.75 Å². The van der Waals surface area contributed by atoms with Crippen LogP contribution >= 0.6 is 0 Å². The van der Waals surface area contributed by atoms with Gasteiger partial charge < -0.3 is 19.9 Å². The van der Waals surface area contributed by atoms with E-state index < -0.39 is 0 Å². The summed E-state index contributed by atoms with van der Waals surface area (Å²) in [4.78, 5) is 5.75. The van der Waals surface area contributed by atoms with Crippen LogP contribution in [0, 0.1) is 0 Å². The van der Waals surface area contributed by atoms with Crippen molar-refractivity contribution in [3.05, 3.63) is 59.3 Å². The summed E-state index contributed by atoms with van der Waals surface area (Å²) in [6, 6.07) is 15.3. The first-order valence-electron chi connectivity index (χ1n) is 8.36. The fourth-order valence-corrected chi connectivity index (χ4v) is 3.58. The van der Waals surface area contributed by atoms with Crippen molar-refractivity contribution in [2.75, 3.05) is 32.6 Å². The quantitative estimate of drug-likeness (QED) is 0.776. The van der Waals surface area contributed by atoms with Crippen molar-refractivity contribution in [2.45, 2.75) is 12.5 Å². The third-order valence-electron chi connectivity index (χ3n) is 4.90. The van der Waals surface area contributed by atoms with Gasteiger partial charge in [-0.1, -0.05) is 12.1 Å². The third-order valence-corrected chi connectivity index (χ3v) is 4.90. The van der Waals surface area contributed by atoms with Gasteiger partial charge in [-0.05, 0) is 47.9 Å². The number of nitrogens with one attached hydrogen (secondary N) is 2. The molecule has 0 saturated heterocycles. The Morgan fingerprint density at radius 3 is 2.58 bits per heavy atom. The molecule has 1 aliphatic heterocycles. The molecule has 1 aromatic heterocycles. The number of nitrogens with zero attached hydrogens (tertiary/aromatic N) is 1. The fourth-order valence-electron chi connectivity index (χ4n) is 3.58. The van der Waals surface area contributed by atoms with Gasteiger partial charge in [0.25, 0.3) is 0 Å². The maximum absolute atomic E-state index is 5.40. The number of hydrogen-bond donors (Lipinski definition) is 2. The van der Waals surface area contributed by atoms with Crippen LogP contribution in [0.2, 0.25) is 0 Å². The molecule has 1 atom stereocenters. The molecule has 2 aromatic carbocycles. The van der Waals surface area contributed by atoms with Crippen LogP contribution in [0.3, 0.4) is 0 Å². The van der Waals surface area contributed by atoms with E-state index in [0.717, 1.165) is 18.7 Å². The Morgan fingerprint density at radius 1 is 1.08 bits per heavy atom. The Balaban J connectivity index is 1.78. The highest BCUT2D eigenvalue weighted by Gasteiger charge is 2.25. The largest absolute Gasteiger partial charge is 0.497 e. The Bertz CT molecular complexity index is 864. The van der Waals surface area contributed by atoms with E-state index in [-0.39, 0.29) is 6.04 Å². The molecule has 3 aromatic rings. The molecule has 2 heterocycles. The summed E-state index contributed by atoms with van der Waals surface area (Å²) in [6.45, 7) is 0.983. The Kier molecular flexibility index (Phi) is 3.69. The summed E-state index contributed by atoms with van der Waals surface area (Å²) in [6.07, 6.45) is 1.04. The monoisotopic (exact) mass is 321 g/mol. The molecule has 24 heavy (non-hydrogen) atoms. The molecule has 0 saturated carbocycles. The molecule has 4 nitrogen and oxygen atoms in total. The zero-order chi connectivity index (χ0) is 16.7. The van der Waals surface area contributed by atoms with Crippen molar-refractivity contribution in [1.82, 2.24) is 10.3 Å². The normalized spacial score (nSPS) is 16.9. The van der Waals surface area contributed by atoms with E-state index in [1.807, 2.05) is 6.07 Å². The topological polar surface area (TPSA) is 40.3 Å². The van der Waals surface area contributed by atoms with Gasteiger partial charge in [-0.3, -0.25) is 0 Å². The molecule has 0 aliphatic carbocycles. The highest BCUT2D eigenvalue weighted by molar-refractivity contribution is 5.86. The summed E-state index contributed by atoms with van der Waals surface area (Å²) in [7, 11) is 5.85. The zero-order valence-corrected chi connectivity index (χ0v) is 14.4. The summed E-state index contributed by atoms with van der Waals surface area (Å²) < 4.78 is 5.40. The van der Waals surface area contributed by atoms with E-state index in [2.05, 4.69) is 65.7 Å². The minimum Gasteiger partial charge on any atom is -0.497 e. The number of fused-ring (bicyclic) bond motifs is 3. The molecule has 0 bridgehead atoms. The zero-order valence-electron chi connectivity index (χ0n) is 14.4. The number of anilines is 1. The maximum Gasteiger partial charge on any atom is 0.119 e. The molecule has 2 N–H and O–H groups in total. The average molecular weight is 321 g/mol. The molecule has 124 valence electrons. The van der Waals surface area contributed by atoms with E-state index in [0.29, 0.717) is 0 Å². The first-order chi connectivity index (χ1) is 11.7. The van der Waals surface area contributed by atoms with Crippen LogP contribution in [0.5, 0.6) is 5.75 Å². The summed E-state index contributed by atoms with van der Waals surface area (Å²) in [5, 5.41) is 4.93. The molecular formula is C20H23N3O. The van der Waals surface area contributed by atoms with Crippen molar-refractivity contribution in [1.29, 1.82) is 0 Å². The van der Waals surface area contributed by atoms with Crippen LogP contribution in [-0.4, -0.2) is 32.7 Å². The van der Waals surface area contributed by atoms with Gasteiger partial charge in [0, 0.05) is 42.9 Å². The van der Waals surface area contributed by atoms with Crippen LogP contribution in [-0.2, 0) is 6.42 Å². The fraction of sp³-hybridized carbons (Fsp3) is 0.300. The summed E-state index contributed by atoms with van der Waals surface area (Å²) in [5.41, 5.74) is 6.38. The molecule has 4 rings (SSSR count). The lowest BCUT2D eigenvalue weighted by Gasteiger charge is -2.25. The van der Waals surface area contributed by atoms with E-state index >= 15 is 0 Å². The first kappa shape index (κ1) is 15.1. The third kappa shape index (κ3) is 2.43. The van der Waals surface area contributed by atoms with E-state index in [4.69, 9.17) is 4.74 Å². The lowest BCUT2D eigenvalue weighted by molar-refractivity contribution is 0.415. The molecule has 0 spiro atoms. The van der Waals surface area contributed by atoms with E-state index in [1.165, 1.54) is 33.4 Å². The second-order valence-electron chi connectivity index (χ2n) is 6.55. The second-order valence-corrected chi connectivity index (χ2v) is 6.55. The Morgan fingerprint density at radius 2 is 1.88 bits per heavy atom. The lowest BCUT2D eigenvalue weighted by Crippen LogP contribution is -2.30. The van der Waals surface area contributed by atoms with Gasteiger partial charge in [0.2, 0.25) is 0 Å². The lowest BCUT2D eigenvalue weighted by atomic mass is 9.94. The Labute approximate surface area is 142 Å². The number of methoxy groups -OCH3 is 1. The van der Waals surface area contributed by atoms with Gasteiger partial charge in [0.1, 0.15) is 5.75 Å². The Hall–Kier alpha value is -2.46. The standard InChI is InChI=1S/C20H23N3O/c1-23(2)14-6-4-13(5-7-14)19-20-16(10-11-21-19)17-12-15(24-3)8-9-18(17)22-20/h4-9,12,19,21-22H,10-11H2,1-3H3. The molecule has 4 heteroatoms. The SMILES string of the molecule is COc1ccc2[nH]c3c(c2c1)CCNC3c1ccc(N(C)C)cc1. The van der Waals surface area contributed by atoms with Gasteiger partial charge in [0.15, 0.2) is 0 Å². The number of H-pyrrole nitrogens is 1. The number of aromatic amines is 1. The number of aromatic nitrogens is 1. The molecule has 0 fully saturated rings. The summed E-state index contributed by atoms with van der Waals surface area (Å²) in [5.74, 6) is 0.912. The van der Waals surface area contributed by atoms with E-state index in [9.17, 15) is 0 Å². The number of benzene rings is 2. The molecule has 0 amide bonds. The van der Waals surface area contributed by atoms with Crippen molar-refractivity contribution < 1.29 is 4.74 Å². The number of ether oxygens (including phenoxy) is 1. The minimum atomic E-state index is 0.211. The van der Waals surface area contributed by atoms with Crippen LogP contribution in [0.4, 0.5) is 5.69 Å². The predicted molar refractivity (Wildman–Crippen MR) is 99.2 cm³/mol. The van der Waals surface area contributed by atoms with E-state index in [1.54, 1.807) is 7.11 Å². The molecule has 1 aliphatic rings. The average Bonchev–Trinajstić information content (AvgIpc) is 2.99. The van der Waals surface area contributed by atoms with Crippen LogP contribution in [0.15, 0.2) is 42.5 Å². The smallest absolute Gasteiger partial charge is 0.119 e. The number of hydrogen-bond acceptors (Lipinski definition) is 3. The molecule has 0 radical (unpaired) electrons. The van der Waals surface area contributed by atoms with Gasteiger partial charge in [-0.25, -0.2) is 0 Å². The van der Waals surface area contributed by atoms with Crippen LogP contribution in [0.1, 0.15) is 22.9 Å². The van der Waals surface area contributed by atoms with Crippen LogP contribution < -0.4 is 15.0 Å². The first-order valence-corrected chi connectivity index (χ1v) is 8.36. The van der Waals surface area contributed by atoms with Crippen molar-refractivity contribution in [2.24, 2.45) is 0 Å². The van der Waals surface area contributed by atoms with Gasteiger partial charge in [-0.15, -0.1) is 0 Å². The predicted octanol–water partition coefficient (Wildman–Crippen LogP) is 3.48. The van der Waals surface area contributed by atoms with Gasteiger partial charge in [0.05, 0.1) is 13.2 Å². The van der Waals surface area contributed by atoms with Crippen molar-refractivity contribution in [3.63, 3.8) is 0 Å². The molecule has 1 unspecified atom stereocenters. The molecular weight excluding hydrogens is 298 g/mol. The van der Waals surface area contributed by atoms with Crippen LogP contribution in [0.25, 0.3) is 10.9 Å². The highest BCUT2D eigenvalue weighted by atomic mass is 16.5. The second kappa shape index (κ2) is 5.87.